The summed E-state index contributed by atoms with van der Waals surface area (Å²) in [6.07, 6.45) is 2.44. The Morgan fingerprint density at radius 2 is 1.86 bits per heavy atom. The van der Waals surface area contributed by atoms with E-state index in [-0.39, 0.29) is 17.4 Å². The summed E-state index contributed by atoms with van der Waals surface area (Å²) in [5.74, 6) is 0.424. The van der Waals surface area contributed by atoms with Crippen molar-refractivity contribution in [3.8, 4) is 11.8 Å². The molecule has 0 unspecified atom stereocenters. The van der Waals surface area contributed by atoms with E-state index in [0.29, 0.717) is 18.7 Å². The third-order valence-electron chi connectivity index (χ3n) is 3.15. The first kappa shape index (κ1) is 15.0. The van der Waals surface area contributed by atoms with Crippen LogP contribution in [0.4, 0.5) is 0 Å². The fourth-order valence-electron chi connectivity index (χ4n) is 1.92. The minimum atomic E-state index is -0.0948. The zero-order chi connectivity index (χ0) is 15.2. The smallest absolute Gasteiger partial charge is 0.246 e. The molecule has 0 amide bonds. The summed E-state index contributed by atoms with van der Waals surface area (Å²) < 4.78 is 10.1. The molecule has 1 aromatic carbocycles. The Labute approximate surface area is 124 Å². The Kier molecular flexibility index (Phi) is 4.87. The van der Waals surface area contributed by atoms with Crippen LogP contribution in [-0.2, 0) is 6.42 Å². The van der Waals surface area contributed by atoms with Crippen LogP contribution < -0.4 is 9.47 Å². The second kappa shape index (κ2) is 6.83. The maximum Gasteiger partial charge on any atom is 0.246 e. The first-order valence-corrected chi connectivity index (χ1v) is 6.68. The van der Waals surface area contributed by atoms with Crippen LogP contribution in [0.2, 0.25) is 0 Å². The average molecular weight is 286 g/mol. The third-order valence-corrected chi connectivity index (χ3v) is 3.15. The lowest BCUT2D eigenvalue weighted by Crippen LogP contribution is -2.08. The van der Waals surface area contributed by atoms with Crippen LogP contribution in [0.1, 0.15) is 28.0 Å². The van der Waals surface area contributed by atoms with Gasteiger partial charge in [-0.1, -0.05) is 29.8 Å². The van der Waals surface area contributed by atoms with E-state index in [1.807, 2.05) is 31.2 Å². The molecule has 110 valence electrons. The minimum Gasteiger partial charge on any atom is -0.480 e. The number of carbonyl (C=O) groups excluding carboxylic acids is 1. The number of aromatic nitrogens is 2. The van der Waals surface area contributed by atoms with Gasteiger partial charge in [0.1, 0.15) is 0 Å². The molecule has 21 heavy (non-hydrogen) atoms. The molecule has 0 spiro atoms. The molecular weight excluding hydrogens is 268 g/mol. The van der Waals surface area contributed by atoms with E-state index in [2.05, 4.69) is 9.97 Å². The SMILES string of the molecule is COc1cnc(C(=O)CCc2ccc(C)cc2)c(OC)n1. The zero-order valence-corrected chi connectivity index (χ0v) is 12.4. The summed E-state index contributed by atoms with van der Waals surface area (Å²) in [4.78, 5) is 20.4. The Morgan fingerprint density at radius 1 is 1.14 bits per heavy atom. The first-order valence-electron chi connectivity index (χ1n) is 6.68. The van der Waals surface area contributed by atoms with Crippen molar-refractivity contribution in [2.24, 2.45) is 0 Å². The van der Waals surface area contributed by atoms with Gasteiger partial charge in [-0.25, -0.2) is 4.98 Å². The van der Waals surface area contributed by atoms with Crippen molar-refractivity contribution in [3.63, 3.8) is 0 Å². The van der Waals surface area contributed by atoms with Gasteiger partial charge in [-0.3, -0.25) is 4.79 Å². The molecule has 1 heterocycles. The molecule has 0 aliphatic heterocycles. The molecule has 0 bridgehead atoms. The van der Waals surface area contributed by atoms with Crippen LogP contribution in [0.15, 0.2) is 30.5 Å². The highest BCUT2D eigenvalue weighted by atomic mass is 16.5. The Bertz CT molecular complexity index is 624. The van der Waals surface area contributed by atoms with Crippen LogP contribution in [0, 0.1) is 6.92 Å². The second-order valence-corrected chi connectivity index (χ2v) is 4.68. The molecule has 0 N–H and O–H groups in total. The Morgan fingerprint density at radius 3 is 2.48 bits per heavy atom. The molecule has 0 aliphatic rings. The molecular formula is C16H18N2O3. The number of Topliss-reactive ketones (excluding diaryl/α,β-unsaturated/α-hetero) is 1. The van der Waals surface area contributed by atoms with Gasteiger partial charge in [-0.15, -0.1) is 0 Å². The van der Waals surface area contributed by atoms with Crippen LogP contribution in [0.5, 0.6) is 11.8 Å². The molecule has 0 radical (unpaired) electrons. The average Bonchev–Trinajstić information content (AvgIpc) is 2.53. The van der Waals surface area contributed by atoms with E-state index in [9.17, 15) is 4.79 Å². The largest absolute Gasteiger partial charge is 0.480 e. The number of ketones is 1. The van der Waals surface area contributed by atoms with Gasteiger partial charge < -0.3 is 9.47 Å². The van der Waals surface area contributed by atoms with Crippen LogP contribution in [-0.4, -0.2) is 30.0 Å². The summed E-state index contributed by atoms with van der Waals surface area (Å²) in [6.45, 7) is 2.03. The van der Waals surface area contributed by atoms with E-state index < -0.39 is 0 Å². The van der Waals surface area contributed by atoms with E-state index in [0.717, 1.165) is 5.56 Å². The number of benzene rings is 1. The van der Waals surface area contributed by atoms with Crippen molar-refractivity contribution in [2.75, 3.05) is 14.2 Å². The molecule has 1 aromatic heterocycles. The number of carbonyl (C=O) groups is 1. The van der Waals surface area contributed by atoms with E-state index in [1.165, 1.54) is 26.0 Å². The molecule has 2 aromatic rings. The van der Waals surface area contributed by atoms with E-state index in [4.69, 9.17) is 9.47 Å². The van der Waals surface area contributed by atoms with Gasteiger partial charge in [0.25, 0.3) is 0 Å². The van der Waals surface area contributed by atoms with E-state index in [1.54, 1.807) is 0 Å². The third kappa shape index (κ3) is 3.78. The van der Waals surface area contributed by atoms with Gasteiger partial charge in [0, 0.05) is 6.42 Å². The normalized spacial score (nSPS) is 10.2. The van der Waals surface area contributed by atoms with Crippen LogP contribution in [0.3, 0.4) is 0 Å². The lowest BCUT2D eigenvalue weighted by atomic mass is 10.0. The minimum absolute atomic E-state index is 0.0948. The quantitative estimate of drug-likeness (QED) is 0.764. The maximum atomic E-state index is 12.2. The molecule has 2 rings (SSSR count). The van der Waals surface area contributed by atoms with Gasteiger partial charge in [-0.05, 0) is 18.9 Å². The van der Waals surface area contributed by atoms with Gasteiger partial charge in [0.15, 0.2) is 11.5 Å². The monoisotopic (exact) mass is 286 g/mol. The van der Waals surface area contributed by atoms with Crippen molar-refractivity contribution in [1.29, 1.82) is 0 Å². The predicted octanol–water partition coefficient (Wildman–Crippen LogP) is 2.62. The first-order chi connectivity index (χ1) is 10.1. The Hall–Kier alpha value is -2.43. The van der Waals surface area contributed by atoms with Gasteiger partial charge in [0.2, 0.25) is 11.8 Å². The fourth-order valence-corrected chi connectivity index (χ4v) is 1.92. The van der Waals surface area contributed by atoms with Crippen LogP contribution >= 0.6 is 0 Å². The number of methoxy groups -OCH3 is 2. The molecule has 0 atom stereocenters. The molecule has 0 saturated heterocycles. The number of hydrogen-bond acceptors (Lipinski definition) is 5. The zero-order valence-electron chi connectivity index (χ0n) is 12.4. The lowest BCUT2D eigenvalue weighted by Gasteiger charge is -2.07. The van der Waals surface area contributed by atoms with Crippen LogP contribution in [0.25, 0.3) is 0 Å². The summed E-state index contributed by atoms with van der Waals surface area (Å²) in [5, 5.41) is 0. The van der Waals surface area contributed by atoms with Gasteiger partial charge in [0.05, 0.1) is 20.4 Å². The van der Waals surface area contributed by atoms with Crippen molar-refractivity contribution >= 4 is 5.78 Å². The number of ether oxygens (including phenoxy) is 2. The Balaban J connectivity index is 2.07. The lowest BCUT2D eigenvalue weighted by molar-refractivity contribution is 0.0973. The van der Waals surface area contributed by atoms with Crippen molar-refractivity contribution < 1.29 is 14.3 Å². The molecule has 5 heteroatoms. The maximum absolute atomic E-state index is 12.2. The summed E-state index contributed by atoms with van der Waals surface area (Å²) in [7, 11) is 2.95. The van der Waals surface area contributed by atoms with Crippen molar-refractivity contribution in [3.05, 3.63) is 47.3 Å². The summed E-state index contributed by atoms with van der Waals surface area (Å²) >= 11 is 0. The number of nitrogens with zero attached hydrogens (tertiary/aromatic N) is 2. The molecule has 0 fully saturated rings. The number of rotatable bonds is 6. The van der Waals surface area contributed by atoms with Gasteiger partial charge in [-0.2, -0.15) is 4.98 Å². The summed E-state index contributed by atoms with van der Waals surface area (Å²) in [6, 6.07) is 8.13. The standard InChI is InChI=1S/C16H18N2O3/c1-11-4-6-12(7-5-11)8-9-13(19)15-16(21-3)18-14(20-2)10-17-15/h4-7,10H,8-9H2,1-3H3. The molecule has 0 saturated carbocycles. The fraction of sp³-hybridized carbons (Fsp3) is 0.312. The number of hydrogen-bond donors (Lipinski definition) is 0. The van der Waals surface area contributed by atoms with Gasteiger partial charge >= 0.3 is 0 Å². The van der Waals surface area contributed by atoms with Crippen molar-refractivity contribution in [2.45, 2.75) is 19.8 Å². The topological polar surface area (TPSA) is 61.3 Å². The highest BCUT2D eigenvalue weighted by Gasteiger charge is 2.16. The highest BCUT2D eigenvalue weighted by molar-refractivity contribution is 5.96. The summed E-state index contributed by atoms with van der Waals surface area (Å²) in [5.41, 5.74) is 2.56. The molecule has 0 aliphatic carbocycles. The highest BCUT2D eigenvalue weighted by Crippen LogP contribution is 2.19. The predicted molar refractivity (Wildman–Crippen MR) is 79.0 cm³/mol. The second-order valence-electron chi connectivity index (χ2n) is 4.68. The van der Waals surface area contributed by atoms with Crippen molar-refractivity contribution in [1.82, 2.24) is 9.97 Å². The van der Waals surface area contributed by atoms with E-state index >= 15 is 0 Å². The number of aryl methyl sites for hydroxylation is 2. The molecule has 5 nitrogen and oxygen atoms in total.